The molecule has 0 aromatic carbocycles. The predicted molar refractivity (Wildman–Crippen MR) is 71.1 cm³/mol. The first-order chi connectivity index (χ1) is 8.81. The fraction of sp³-hybridized carbons (Fsp3) is 0.357. The predicted octanol–water partition coefficient (Wildman–Crippen LogP) is 2.27. The van der Waals surface area contributed by atoms with Crippen LogP contribution >= 0.6 is 0 Å². The molecule has 94 valence electrons. The van der Waals surface area contributed by atoms with Gasteiger partial charge in [0.15, 0.2) is 0 Å². The molecule has 1 unspecified atom stereocenters. The zero-order valence-electron chi connectivity index (χ0n) is 10.8. The molecule has 0 bridgehead atoms. The lowest BCUT2D eigenvalue weighted by molar-refractivity contribution is 0.582. The van der Waals surface area contributed by atoms with E-state index in [4.69, 9.17) is 0 Å². The maximum atomic E-state index is 4.45. The Morgan fingerprint density at radius 1 is 1.28 bits per heavy atom. The Hall–Kier alpha value is -1.81. The monoisotopic (exact) mass is 242 g/mol. The van der Waals surface area contributed by atoms with Gasteiger partial charge in [-0.25, -0.2) is 9.97 Å². The van der Waals surface area contributed by atoms with Crippen LogP contribution in [0.25, 0.3) is 0 Å². The Labute approximate surface area is 108 Å². The van der Waals surface area contributed by atoms with E-state index in [1.165, 1.54) is 5.56 Å². The molecule has 1 N–H and O–H groups in total. The molecule has 0 saturated heterocycles. The summed E-state index contributed by atoms with van der Waals surface area (Å²) in [6.45, 7) is 5.16. The minimum Gasteiger partial charge on any atom is -0.305 e. The molecule has 0 aliphatic heterocycles. The van der Waals surface area contributed by atoms with Crippen LogP contribution in [0.4, 0.5) is 0 Å². The normalized spacial score (nSPS) is 12.3. The third kappa shape index (κ3) is 3.11. The van der Waals surface area contributed by atoms with Gasteiger partial charge in [-0.3, -0.25) is 4.98 Å². The van der Waals surface area contributed by atoms with E-state index < -0.39 is 0 Å². The summed E-state index contributed by atoms with van der Waals surface area (Å²) in [4.78, 5) is 12.6. The highest BCUT2D eigenvalue weighted by molar-refractivity contribution is 5.26. The lowest BCUT2D eigenvalue weighted by atomic mass is 10.1. The van der Waals surface area contributed by atoms with E-state index in [0.717, 1.165) is 24.2 Å². The van der Waals surface area contributed by atoms with Crippen LogP contribution in [0.5, 0.6) is 0 Å². The van der Waals surface area contributed by atoms with Crippen LogP contribution in [0.1, 0.15) is 36.2 Å². The average Bonchev–Trinajstić information content (AvgIpc) is 2.40. The summed E-state index contributed by atoms with van der Waals surface area (Å²) < 4.78 is 0. The molecule has 0 saturated carbocycles. The van der Waals surface area contributed by atoms with Gasteiger partial charge in [0.25, 0.3) is 0 Å². The standard InChI is InChI=1S/C14H18N4/c1-3-5-18-14(12-8-15-10-16-9-12)13-7-11(2)4-6-17-13/h4,6-10,14,18H,3,5H2,1-2H3. The lowest BCUT2D eigenvalue weighted by Gasteiger charge is -2.18. The van der Waals surface area contributed by atoms with E-state index >= 15 is 0 Å². The van der Waals surface area contributed by atoms with Gasteiger partial charge in [0, 0.05) is 24.2 Å². The molecule has 0 aliphatic rings. The smallest absolute Gasteiger partial charge is 0.115 e. The van der Waals surface area contributed by atoms with Gasteiger partial charge in [-0.2, -0.15) is 0 Å². The minimum atomic E-state index is 0.0612. The lowest BCUT2D eigenvalue weighted by Crippen LogP contribution is -2.24. The fourth-order valence-corrected chi connectivity index (χ4v) is 1.86. The highest BCUT2D eigenvalue weighted by Gasteiger charge is 2.15. The van der Waals surface area contributed by atoms with Gasteiger partial charge in [0.05, 0.1) is 11.7 Å². The van der Waals surface area contributed by atoms with E-state index in [1.54, 1.807) is 6.33 Å². The molecule has 1 atom stereocenters. The van der Waals surface area contributed by atoms with Crippen molar-refractivity contribution in [3.05, 3.63) is 53.9 Å². The molecule has 2 aromatic heterocycles. The largest absolute Gasteiger partial charge is 0.305 e. The summed E-state index contributed by atoms with van der Waals surface area (Å²) in [5.41, 5.74) is 3.27. The van der Waals surface area contributed by atoms with Gasteiger partial charge in [0.2, 0.25) is 0 Å². The third-order valence-corrected chi connectivity index (χ3v) is 2.74. The van der Waals surface area contributed by atoms with Gasteiger partial charge < -0.3 is 5.32 Å². The van der Waals surface area contributed by atoms with Gasteiger partial charge in [-0.1, -0.05) is 6.92 Å². The van der Waals surface area contributed by atoms with Crippen LogP contribution in [0, 0.1) is 6.92 Å². The van der Waals surface area contributed by atoms with Crippen molar-refractivity contribution >= 4 is 0 Å². The summed E-state index contributed by atoms with van der Waals surface area (Å²) in [6.07, 6.45) is 8.14. The van der Waals surface area contributed by atoms with E-state index in [9.17, 15) is 0 Å². The van der Waals surface area contributed by atoms with Crippen molar-refractivity contribution in [3.8, 4) is 0 Å². The highest BCUT2D eigenvalue weighted by Crippen LogP contribution is 2.19. The number of pyridine rings is 1. The summed E-state index contributed by atoms with van der Waals surface area (Å²) in [7, 11) is 0. The zero-order chi connectivity index (χ0) is 12.8. The molecule has 0 amide bonds. The molecule has 4 nitrogen and oxygen atoms in total. The van der Waals surface area contributed by atoms with Crippen molar-refractivity contribution in [1.82, 2.24) is 20.3 Å². The van der Waals surface area contributed by atoms with Crippen molar-refractivity contribution in [3.63, 3.8) is 0 Å². The summed E-state index contributed by atoms with van der Waals surface area (Å²) >= 11 is 0. The summed E-state index contributed by atoms with van der Waals surface area (Å²) in [5, 5.41) is 3.49. The molecule has 0 aliphatic carbocycles. The van der Waals surface area contributed by atoms with Gasteiger partial charge >= 0.3 is 0 Å². The van der Waals surface area contributed by atoms with Crippen molar-refractivity contribution in [1.29, 1.82) is 0 Å². The Morgan fingerprint density at radius 3 is 2.72 bits per heavy atom. The summed E-state index contributed by atoms with van der Waals surface area (Å²) in [6, 6.07) is 4.16. The Morgan fingerprint density at radius 2 is 2.06 bits per heavy atom. The van der Waals surface area contributed by atoms with Crippen LogP contribution in [-0.4, -0.2) is 21.5 Å². The molecule has 0 spiro atoms. The topological polar surface area (TPSA) is 50.7 Å². The number of rotatable bonds is 5. The third-order valence-electron chi connectivity index (χ3n) is 2.74. The fourth-order valence-electron chi connectivity index (χ4n) is 1.86. The molecule has 0 fully saturated rings. The molecule has 18 heavy (non-hydrogen) atoms. The minimum absolute atomic E-state index is 0.0612. The van der Waals surface area contributed by atoms with Crippen LogP contribution in [0.3, 0.4) is 0 Å². The zero-order valence-corrected chi connectivity index (χ0v) is 10.8. The number of aryl methyl sites for hydroxylation is 1. The first-order valence-electron chi connectivity index (χ1n) is 6.22. The first kappa shape index (κ1) is 12.6. The SMILES string of the molecule is CCCNC(c1cncnc1)c1cc(C)ccn1. The Bertz CT molecular complexity index is 484. The maximum Gasteiger partial charge on any atom is 0.115 e. The second-order valence-electron chi connectivity index (χ2n) is 4.32. The summed E-state index contributed by atoms with van der Waals surface area (Å²) in [5.74, 6) is 0. The molecule has 2 aromatic rings. The van der Waals surface area contributed by atoms with E-state index in [2.05, 4.69) is 40.2 Å². The van der Waals surface area contributed by atoms with E-state index in [-0.39, 0.29) is 6.04 Å². The second-order valence-corrected chi connectivity index (χ2v) is 4.32. The molecule has 2 heterocycles. The molecular formula is C14H18N4. The van der Waals surface area contributed by atoms with Crippen molar-refractivity contribution in [2.45, 2.75) is 26.3 Å². The second kappa shape index (κ2) is 6.21. The van der Waals surface area contributed by atoms with Crippen molar-refractivity contribution < 1.29 is 0 Å². The van der Waals surface area contributed by atoms with E-state index in [0.29, 0.717) is 0 Å². The average molecular weight is 242 g/mol. The Balaban J connectivity index is 2.31. The van der Waals surface area contributed by atoms with Crippen LogP contribution in [-0.2, 0) is 0 Å². The quantitative estimate of drug-likeness (QED) is 0.873. The van der Waals surface area contributed by atoms with Crippen molar-refractivity contribution in [2.24, 2.45) is 0 Å². The van der Waals surface area contributed by atoms with Crippen molar-refractivity contribution in [2.75, 3.05) is 6.54 Å². The van der Waals surface area contributed by atoms with Gasteiger partial charge in [-0.05, 0) is 37.6 Å². The first-order valence-corrected chi connectivity index (χ1v) is 6.22. The number of aromatic nitrogens is 3. The molecule has 4 heteroatoms. The molecule has 2 rings (SSSR count). The molecular weight excluding hydrogens is 224 g/mol. The Kier molecular flexibility index (Phi) is 4.36. The maximum absolute atomic E-state index is 4.45. The van der Waals surface area contributed by atoms with Crippen LogP contribution in [0.15, 0.2) is 37.1 Å². The number of hydrogen-bond donors (Lipinski definition) is 1. The van der Waals surface area contributed by atoms with Gasteiger partial charge in [0.1, 0.15) is 6.33 Å². The number of hydrogen-bond acceptors (Lipinski definition) is 4. The van der Waals surface area contributed by atoms with Gasteiger partial charge in [-0.15, -0.1) is 0 Å². The highest BCUT2D eigenvalue weighted by atomic mass is 14.9. The number of nitrogens with zero attached hydrogens (tertiary/aromatic N) is 3. The van der Waals surface area contributed by atoms with Crippen LogP contribution in [0.2, 0.25) is 0 Å². The van der Waals surface area contributed by atoms with E-state index in [1.807, 2.05) is 24.7 Å². The van der Waals surface area contributed by atoms with Crippen LogP contribution < -0.4 is 5.32 Å². The molecule has 0 radical (unpaired) electrons. The number of nitrogens with one attached hydrogen (secondary N) is 1.